The zero-order valence-corrected chi connectivity index (χ0v) is 13.2. The first-order valence-corrected chi connectivity index (χ1v) is 7.40. The maximum Gasteiger partial charge on any atom is 0.277 e. The highest BCUT2D eigenvalue weighted by Crippen LogP contribution is 2.14. The van der Waals surface area contributed by atoms with Gasteiger partial charge in [0.1, 0.15) is 4.99 Å². The number of nitrogens with zero attached hydrogens (tertiary/aromatic N) is 2. The average Bonchev–Trinajstić information content (AvgIpc) is 2.96. The lowest BCUT2D eigenvalue weighted by Crippen LogP contribution is -2.40. The van der Waals surface area contributed by atoms with Crippen molar-refractivity contribution in [2.24, 2.45) is 10.8 Å². The number of nitrogens with two attached hydrogens (primary N) is 1. The smallest absolute Gasteiger partial charge is 0.277 e. The Morgan fingerprint density at radius 2 is 1.95 bits per heavy atom. The van der Waals surface area contributed by atoms with Crippen molar-refractivity contribution in [3.05, 3.63) is 29.3 Å². The van der Waals surface area contributed by atoms with E-state index in [1.165, 1.54) is 5.56 Å². The minimum atomic E-state index is -0.198. The molecule has 0 atom stereocenters. The number of hydrazone groups is 1. The molecule has 0 spiro atoms. The van der Waals surface area contributed by atoms with Crippen LogP contribution in [-0.4, -0.2) is 34.6 Å². The van der Waals surface area contributed by atoms with Crippen LogP contribution in [0.1, 0.15) is 24.0 Å². The summed E-state index contributed by atoms with van der Waals surface area (Å²) in [5.74, 6) is -0.198. The van der Waals surface area contributed by atoms with E-state index in [1.807, 2.05) is 32.0 Å². The fraction of sp³-hybridized carbons (Fsp3) is 0.400. The van der Waals surface area contributed by atoms with Crippen LogP contribution in [0.5, 0.6) is 0 Å². The summed E-state index contributed by atoms with van der Waals surface area (Å²) in [7, 11) is 0. The molecule has 6 heteroatoms. The van der Waals surface area contributed by atoms with Crippen molar-refractivity contribution in [2.75, 3.05) is 18.5 Å². The second-order valence-corrected chi connectivity index (χ2v) is 5.67. The van der Waals surface area contributed by atoms with Gasteiger partial charge in [-0.3, -0.25) is 10.2 Å². The van der Waals surface area contributed by atoms with E-state index in [0.29, 0.717) is 0 Å². The number of benzene rings is 1. The topological polar surface area (TPSA) is 70.7 Å². The molecular weight excluding hydrogens is 284 g/mol. The van der Waals surface area contributed by atoms with Gasteiger partial charge in [-0.05, 0) is 49.9 Å². The van der Waals surface area contributed by atoms with Crippen LogP contribution < -0.4 is 11.2 Å². The predicted molar refractivity (Wildman–Crippen MR) is 89.6 cm³/mol. The Labute approximate surface area is 130 Å². The van der Waals surface area contributed by atoms with Gasteiger partial charge in [0.25, 0.3) is 5.91 Å². The zero-order valence-electron chi connectivity index (χ0n) is 12.3. The Hall–Kier alpha value is -1.95. The Morgan fingerprint density at radius 1 is 1.29 bits per heavy atom. The van der Waals surface area contributed by atoms with E-state index in [-0.39, 0.29) is 16.6 Å². The molecule has 0 aromatic heterocycles. The number of rotatable bonds is 4. The van der Waals surface area contributed by atoms with Crippen molar-refractivity contribution in [1.82, 2.24) is 4.90 Å². The molecule has 1 heterocycles. The molecule has 5 nitrogen and oxygen atoms in total. The molecule has 0 radical (unpaired) electrons. The van der Waals surface area contributed by atoms with Gasteiger partial charge in [-0.15, -0.1) is 0 Å². The van der Waals surface area contributed by atoms with Crippen molar-refractivity contribution in [1.29, 1.82) is 0 Å². The molecular formula is C15H20N4OS. The highest BCUT2D eigenvalue weighted by atomic mass is 32.1. The summed E-state index contributed by atoms with van der Waals surface area (Å²) >= 11 is 4.95. The minimum absolute atomic E-state index is 0.0169. The third kappa shape index (κ3) is 3.78. The first-order valence-electron chi connectivity index (χ1n) is 6.99. The lowest BCUT2D eigenvalue weighted by Gasteiger charge is -2.16. The van der Waals surface area contributed by atoms with Gasteiger partial charge >= 0.3 is 0 Å². The number of amides is 1. The first kappa shape index (κ1) is 15.4. The fourth-order valence-corrected chi connectivity index (χ4v) is 2.34. The summed E-state index contributed by atoms with van der Waals surface area (Å²) in [5, 5.41) is 4.12. The molecule has 0 aliphatic carbocycles. The fourth-order valence-electron chi connectivity index (χ4n) is 2.21. The average molecular weight is 304 g/mol. The minimum Gasteiger partial charge on any atom is -0.388 e. The molecule has 1 aliphatic heterocycles. The summed E-state index contributed by atoms with van der Waals surface area (Å²) in [6, 6.07) is 5.87. The second-order valence-electron chi connectivity index (χ2n) is 5.23. The van der Waals surface area contributed by atoms with Gasteiger partial charge in [0, 0.05) is 13.1 Å². The number of nitrogens with one attached hydrogen (secondary N) is 1. The molecule has 1 fully saturated rings. The van der Waals surface area contributed by atoms with Crippen LogP contribution in [-0.2, 0) is 4.79 Å². The van der Waals surface area contributed by atoms with Gasteiger partial charge in [0.15, 0.2) is 5.71 Å². The van der Waals surface area contributed by atoms with Crippen LogP contribution in [0.4, 0.5) is 5.69 Å². The van der Waals surface area contributed by atoms with Crippen LogP contribution in [0, 0.1) is 13.8 Å². The van der Waals surface area contributed by atoms with Crippen LogP contribution >= 0.6 is 12.2 Å². The summed E-state index contributed by atoms with van der Waals surface area (Å²) in [4.78, 5) is 14.1. The van der Waals surface area contributed by atoms with Crippen LogP contribution in [0.3, 0.4) is 0 Å². The van der Waals surface area contributed by atoms with Crippen molar-refractivity contribution in [2.45, 2.75) is 26.7 Å². The first-order chi connectivity index (χ1) is 9.99. The Kier molecular flexibility index (Phi) is 4.90. The third-order valence-electron chi connectivity index (χ3n) is 3.63. The number of aryl methyl sites for hydroxylation is 2. The lowest BCUT2D eigenvalue weighted by molar-refractivity contribution is -0.122. The Bertz CT molecular complexity index is 591. The van der Waals surface area contributed by atoms with E-state index >= 15 is 0 Å². The molecule has 1 aliphatic rings. The summed E-state index contributed by atoms with van der Waals surface area (Å²) in [6.07, 6.45) is 2.03. The number of thiocarbonyl (C=S) groups is 1. The number of likely N-dealkylation sites (tertiary alicyclic amines) is 1. The van der Waals surface area contributed by atoms with Crippen molar-refractivity contribution in [3.63, 3.8) is 0 Å². The van der Waals surface area contributed by atoms with Crippen LogP contribution in [0.15, 0.2) is 23.3 Å². The van der Waals surface area contributed by atoms with Crippen molar-refractivity contribution >= 4 is 34.5 Å². The Morgan fingerprint density at radius 3 is 2.52 bits per heavy atom. The van der Waals surface area contributed by atoms with Crippen molar-refractivity contribution < 1.29 is 4.79 Å². The van der Waals surface area contributed by atoms with E-state index in [0.717, 1.165) is 37.2 Å². The number of carbonyl (C=O) groups is 1. The second kappa shape index (κ2) is 6.67. The summed E-state index contributed by atoms with van der Waals surface area (Å²) in [6.45, 7) is 5.54. The highest BCUT2D eigenvalue weighted by molar-refractivity contribution is 7.82. The van der Waals surface area contributed by atoms with E-state index in [9.17, 15) is 4.79 Å². The van der Waals surface area contributed by atoms with E-state index < -0.39 is 0 Å². The number of anilines is 1. The summed E-state index contributed by atoms with van der Waals surface area (Å²) < 4.78 is 0. The van der Waals surface area contributed by atoms with Gasteiger partial charge in [-0.1, -0.05) is 18.3 Å². The molecule has 3 N–H and O–H groups in total. The van der Waals surface area contributed by atoms with Crippen molar-refractivity contribution in [3.8, 4) is 0 Å². The normalized spacial score (nSPS) is 15.1. The molecule has 2 rings (SSSR count). The van der Waals surface area contributed by atoms with E-state index in [1.54, 1.807) is 4.90 Å². The van der Waals surface area contributed by atoms with Gasteiger partial charge in [-0.2, -0.15) is 5.10 Å². The maximum atomic E-state index is 12.3. The molecule has 1 aromatic carbocycles. The quantitative estimate of drug-likeness (QED) is 0.507. The van der Waals surface area contributed by atoms with Gasteiger partial charge < -0.3 is 10.6 Å². The molecule has 0 bridgehead atoms. The molecule has 1 saturated heterocycles. The predicted octanol–water partition coefficient (Wildman–Crippen LogP) is 1.98. The standard InChI is InChI=1S/C15H20N4OS/c1-10-5-6-12(9-11(10)2)17-18-13(14(16)21)15(20)19-7-3-4-8-19/h5-6,9,17H,3-4,7-8H2,1-2H3,(H2,16,21)/b18-13+. The molecule has 21 heavy (non-hydrogen) atoms. The summed E-state index contributed by atoms with van der Waals surface area (Å²) in [5.41, 5.74) is 11.8. The molecule has 1 amide bonds. The number of carbonyl (C=O) groups excluding carboxylic acids is 1. The van der Waals surface area contributed by atoms with Crippen LogP contribution in [0.2, 0.25) is 0 Å². The van der Waals surface area contributed by atoms with Crippen LogP contribution in [0.25, 0.3) is 0 Å². The lowest BCUT2D eigenvalue weighted by atomic mass is 10.1. The maximum absolute atomic E-state index is 12.3. The molecule has 112 valence electrons. The molecule has 0 unspecified atom stereocenters. The van der Waals surface area contributed by atoms with Gasteiger partial charge in [0.05, 0.1) is 5.69 Å². The zero-order chi connectivity index (χ0) is 15.4. The number of hydrogen-bond donors (Lipinski definition) is 2. The van der Waals surface area contributed by atoms with E-state index in [2.05, 4.69) is 10.5 Å². The monoisotopic (exact) mass is 304 g/mol. The Balaban J connectivity index is 2.15. The largest absolute Gasteiger partial charge is 0.388 e. The third-order valence-corrected chi connectivity index (χ3v) is 3.83. The van der Waals surface area contributed by atoms with Gasteiger partial charge in [-0.25, -0.2) is 0 Å². The molecule has 1 aromatic rings. The van der Waals surface area contributed by atoms with Gasteiger partial charge in [0.2, 0.25) is 0 Å². The number of hydrogen-bond acceptors (Lipinski definition) is 4. The highest BCUT2D eigenvalue weighted by Gasteiger charge is 2.24. The van der Waals surface area contributed by atoms with E-state index in [4.69, 9.17) is 18.0 Å². The molecule has 0 saturated carbocycles. The SMILES string of the molecule is Cc1ccc(N/N=C(/C(=O)N2CCCC2)C(N)=S)cc1C.